The van der Waals surface area contributed by atoms with Gasteiger partial charge in [0.15, 0.2) is 0 Å². The van der Waals surface area contributed by atoms with Gasteiger partial charge in [0, 0.05) is 18.8 Å². The van der Waals surface area contributed by atoms with E-state index in [1.54, 1.807) is 31.3 Å². The fourth-order valence-corrected chi connectivity index (χ4v) is 3.36. The number of piperidine rings is 1. The number of nitrogens with one attached hydrogen (secondary N) is 2. The summed E-state index contributed by atoms with van der Waals surface area (Å²) in [6.45, 7) is 3.10. The van der Waals surface area contributed by atoms with E-state index in [2.05, 4.69) is 15.0 Å². The molecule has 1 saturated heterocycles. The molecule has 0 amide bonds. The Kier molecular flexibility index (Phi) is 4.90. The van der Waals surface area contributed by atoms with Crippen LogP contribution >= 0.6 is 0 Å². The van der Waals surface area contributed by atoms with Crippen molar-refractivity contribution >= 4 is 10.0 Å². The van der Waals surface area contributed by atoms with Gasteiger partial charge in [-0.2, -0.15) is 0 Å². The fraction of sp³-hybridized carbons (Fsp3) is 0.615. The number of aromatic nitrogens is 1. The molecule has 1 fully saturated rings. The predicted octanol–water partition coefficient (Wildman–Crippen LogP) is 1.20. The number of rotatable bonds is 5. The molecule has 2 N–H and O–H groups in total. The minimum atomic E-state index is -3.37. The molecule has 0 unspecified atom stereocenters. The molecule has 2 heterocycles. The fourth-order valence-electron chi connectivity index (χ4n) is 2.22. The van der Waals surface area contributed by atoms with Crippen LogP contribution in [0.15, 0.2) is 24.4 Å². The molecule has 6 heteroatoms. The highest BCUT2D eigenvalue weighted by Crippen LogP contribution is 2.18. The molecule has 2 atom stereocenters. The van der Waals surface area contributed by atoms with Crippen molar-refractivity contribution < 1.29 is 8.42 Å². The predicted molar refractivity (Wildman–Crippen MR) is 75.2 cm³/mol. The Bertz CT molecular complexity index is 484. The van der Waals surface area contributed by atoms with E-state index in [1.807, 2.05) is 0 Å². The van der Waals surface area contributed by atoms with Gasteiger partial charge in [-0.1, -0.05) is 12.5 Å². The van der Waals surface area contributed by atoms with Crippen LogP contribution in [0.5, 0.6) is 0 Å². The van der Waals surface area contributed by atoms with E-state index in [-0.39, 0.29) is 6.04 Å². The van der Waals surface area contributed by atoms with Gasteiger partial charge in [0.1, 0.15) is 5.25 Å². The van der Waals surface area contributed by atoms with Crippen LogP contribution < -0.4 is 10.0 Å². The van der Waals surface area contributed by atoms with Crippen molar-refractivity contribution in [2.75, 3.05) is 13.1 Å². The van der Waals surface area contributed by atoms with E-state index < -0.39 is 15.3 Å². The summed E-state index contributed by atoms with van der Waals surface area (Å²) in [4.78, 5) is 4.10. The summed E-state index contributed by atoms with van der Waals surface area (Å²) in [6, 6.07) is 5.57. The quantitative estimate of drug-likeness (QED) is 0.852. The number of nitrogens with zero attached hydrogens (tertiary/aromatic N) is 1. The van der Waals surface area contributed by atoms with E-state index in [0.717, 1.165) is 19.4 Å². The smallest absolute Gasteiger partial charge is 0.220 e. The SMILES string of the molecule is C[C@@H](c1ccccn1)S(=O)(=O)NC[C@@H]1CCCCN1. The third kappa shape index (κ3) is 3.99. The normalized spacial score (nSPS) is 22.1. The van der Waals surface area contributed by atoms with Crippen LogP contribution in [-0.2, 0) is 10.0 Å². The molecule has 1 aromatic heterocycles. The van der Waals surface area contributed by atoms with Crippen molar-refractivity contribution in [1.82, 2.24) is 15.0 Å². The maximum atomic E-state index is 12.2. The minimum Gasteiger partial charge on any atom is -0.313 e. The van der Waals surface area contributed by atoms with Crippen LogP contribution in [0.2, 0.25) is 0 Å². The number of sulfonamides is 1. The maximum absolute atomic E-state index is 12.2. The second-order valence-corrected chi connectivity index (χ2v) is 7.02. The largest absolute Gasteiger partial charge is 0.313 e. The van der Waals surface area contributed by atoms with Crippen molar-refractivity contribution in [3.05, 3.63) is 30.1 Å². The molecule has 1 aliphatic heterocycles. The molecule has 0 aromatic carbocycles. The van der Waals surface area contributed by atoms with Gasteiger partial charge in [-0.3, -0.25) is 4.98 Å². The third-order valence-corrected chi connectivity index (χ3v) is 5.25. The average molecular weight is 283 g/mol. The Morgan fingerprint density at radius 1 is 1.47 bits per heavy atom. The molecular weight excluding hydrogens is 262 g/mol. The Morgan fingerprint density at radius 3 is 2.95 bits per heavy atom. The van der Waals surface area contributed by atoms with Gasteiger partial charge in [0.25, 0.3) is 0 Å². The zero-order valence-electron chi connectivity index (χ0n) is 11.2. The lowest BCUT2D eigenvalue weighted by Gasteiger charge is -2.24. The van der Waals surface area contributed by atoms with Gasteiger partial charge in [0.05, 0.1) is 5.69 Å². The minimum absolute atomic E-state index is 0.249. The Balaban J connectivity index is 1.94. The van der Waals surface area contributed by atoms with E-state index in [9.17, 15) is 8.42 Å². The number of hydrogen-bond acceptors (Lipinski definition) is 4. The van der Waals surface area contributed by atoms with Gasteiger partial charge in [-0.15, -0.1) is 0 Å². The van der Waals surface area contributed by atoms with Crippen LogP contribution in [0.25, 0.3) is 0 Å². The Hall–Kier alpha value is -0.980. The van der Waals surface area contributed by atoms with Gasteiger partial charge in [-0.25, -0.2) is 13.1 Å². The average Bonchev–Trinajstić information content (AvgIpc) is 2.46. The Labute approximate surface area is 114 Å². The van der Waals surface area contributed by atoms with Crippen LogP contribution in [-0.4, -0.2) is 32.5 Å². The summed E-state index contributed by atoms with van der Waals surface area (Å²) in [6.07, 6.45) is 4.98. The first-order chi connectivity index (χ1) is 9.09. The highest BCUT2D eigenvalue weighted by Gasteiger charge is 2.24. The molecule has 0 radical (unpaired) electrons. The first-order valence-electron chi connectivity index (χ1n) is 6.72. The van der Waals surface area contributed by atoms with Gasteiger partial charge >= 0.3 is 0 Å². The molecule has 2 rings (SSSR count). The van der Waals surface area contributed by atoms with Crippen molar-refractivity contribution in [2.45, 2.75) is 37.5 Å². The van der Waals surface area contributed by atoms with E-state index in [4.69, 9.17) is 0 Å². The van der Waals surface area contributed by atoms with Crippen LogP contribution in [0.3, 0.4) is 0 Å². The molecule has 0 bridgehead atoms. The zero-order chi connectivity index (χ0) is 13.7. The molecule has 19 heavy (non-hydrogen) atoms. The molecule has 1 aliphatic rings. The van der Waals surface area contributed by atoms with Gasteiger partial charge in [-0.05, 0) is 38.4 Å². The molecule has 106 valence electrons. The van der Waals surface area contributed by atoms with Crippen LogP contribution in [0.1, 0.15) is 37.1 Å². The van der Waals surface area contributed by atoms with E-state index >= 15 is 0 Å². The second kappa shape index (κ2) is 6.45. The van der Waals surface area contributed by atoms with Gasteiger partial charge in [0.2, 0.25) is 10.0 Å². The van der Waals surface area contributed by atoms with Crippen molar-refractivity contribution in [2.24, 2.45) is 0 Å². The lowest BCUT2D eigenvalue weighted by atomic mass is 10.1. The van der Waals surface area contributed by atoms with Crippen molar-refractivity contribution in [3.8, 4) is 0 Å². The summed E-state index contributed by atoms with van der Waals surface area (Å²) >= 11 is 0. The summed E-state index contributed by atoms with van der Waals surface area (Å²) in [5.41, 5.74) is 0.576. The topological polar surface area (TPSA) is 71.1 Å². The molecule has 5 nitrogen and oxygen atoms in total. The number of hydrogen-bond donors (Lipinski definition) is 2. The molecule has 0 aliphatic carbocycles. The molecular formula is C13H21N3O2S. The summed E-state index contributed by atoms with van der Waals surface area (Å²) in [7, 11) is -3.37. The Morgan fingerprint density at radius 2 is 2.32 bits per heavy atom. The first kappa shape index (κ1) is 14.4. The van der Waals surface area contributed by atoms with Crippen LogP contribution in [0.4, 0.5) is 0 Å². The summed E-state index contributed by atoms with van der Waals surface area (Å²) < 4.78 is 27.1. The standard InChI is InChI=1S/C13H21N3O2S/c1-11(13-7-3-5-9-15-13)19(17,18)16-10-12-6-2-4-8-14-12/h3,5,7,9,11-12,14,16H,2,4,6,8,10H2,1H3/t11-,12-/m0/s1. The van der Waals surface area contributed by atoms with Crippen molar-refractivity contribution in [1.29, 1.82) is 0 Å². The highest BCUT2D eigenvalue weighted by atomic mass is 32.2. The summed E-state index contributed by atoms with van der Waals surface area (Å²) in [5, 5.41) is 2.70. The van der Waals surface area contributed by atoms with E-state index in [1.165, 1.54) is 6.42 Å². The molecule has 1 aromatic rings. The molecule has 0 spiro atoms. The lowest BCUT2D eigenvalue weighted by molar-refractivity contribution is 0.397. The van der Waals surface area contributed by atoms with Crippen LogP contribution in [0, 0.1) is 0 Å². The maximum Gasteiger partial charge on any atom is 0.220 e. The second-order valence-electron chi connectivity index (χ2n) is 4.94. The molecule has 0 saturated carbocycles. The summed E-state index contributed by atoms with van der Waals surface area (Å²) in [5.74, 6) is 0. The van der Waals surface area contributed by atoms with E-state index in [0.29, 0.717) is 12.2 Å². The lowest BCUT2D eigenvalue weighted by Crippen LogP contribution is -2.44. The first-order valence-corrected chi connectivity index (χ1v) is 8.27. The van der Waals surface area contributed by atoms with Crippen molar-refractivity contribution in [3.63, 3.8) is 0 Å². The highest BCUT2D eigenvalue weighted by molar-refractivity contribution is 7.89. The van der Waals surface area contributed by atoms with Gasteiger partial charge < -0.3 is 5.32 Å². The zero-order valence-corrected chi connectivity index (χ0v) is 12.0. The monoisotopic (exact) mass is 283 g/mol. The number of pyridine rings is 1. The third-order valence-electron chi connectivity index (χ3n) is 3.51.